The van der Waals surface area contributed by atoms with Gasteiger partial charge in [0, 0.05) is 6.42 Å². The first-order valence-electron chi connectivity index (χ1n) is 29.7. The molecule has 0 aliphatic heterocycles. The highest BCUT2D eigenvalue weighted by molar-refractivity contribution is 5.76. The van der Waals surface area contributed by atoms with Crippen LogP contribution >= 0.6 is 0 Å². The van der Waals surface area contributed by atoms with Crippen molar-refractivity contribution in [2.45, 2.75) is 315 Å². The third-order valence-corrected chi connectivity index (χ3v) is 13.4. The van der Waals surface area contributed by atoms with Crippen LogP contribution in [0, 0.1) is 0 Å². The Morgan fingerprint density at radius 2 is 0.672 bits per heavy atom. The second kappa shape index (κ2) is 58.1. The third kappa shape index (κ3) is 54.6. The van der Waals surface area contributed by atoms with E-state index in [0.29, 0.717) is 6.42 Å². The molecule has 3 N–H and O–H groups in total. The number of nitrogens with one attached hydrogen (secondary N) is 1. The first kappa shape index (κ1) is 64.8. The first-order valence-corrected chi connectivity index (χ1v) is 29.7. The highest BCUT2D eigenvalue weighted by atomic mass is 16.3. The van der Waals surface area contributed by atoms with Gasteiger partial charge in [-0.1, -0.05) is 299 Å². The number of unbranched alkanes of at least 4 members (excludes halogenated alkanes) is 37. The second-order valence-corrected chi connectivity index (χ2v) is 20.0. The summed E-state index contributed by atoms with van der Waals surface area (Å²) in [5.74, 6) is -0.0753. The SMILES string of the molecule is CC/C=C\C/C=C\C/C=C\C/C=C\CCCCCCCCCCCCCCC(=O)NC(CO)C(O)/C=C/CC/C=C/CCCCCCCCCCCCCCCCCCCCCCCCCC. The number of rotatable bonds is 54. The minimum atomic E-state index is -0.868. The molecular weight excluding hydrogens is 819 g/mol. The predicted octanol–water partition coefficient (Wildman–Crippen LogP) is 19.8. The van der Waals surface area contributed by atoms with Gasteiger partial charge >= 0.3 is 0 Å². The summed E-state index contributed by atoms with van der Waals surface area (Å²) < 4.78 is 0. The van der Waals surface area contributed by atoms with Crippen molar-refractivity contribution in [3.63, 3.8) is 0 Å². The highest BCUT2D eigenvalue weighted by Gasteiger charge is 2.18. The van der Waals surface area contributed by atoms with Crippen molar-refractivity contribution in [3.8, 4) is 0 Å². The van der Waals surface area contributed by atoms with Crippen LogP contribution in [0.2, 0.25) is 0 Å². The second-order valence-electron chi connectivity index (χ2n) is 20.0. The number of carbonyl (C=O) groups excluding carboxylic acids is 1. The number of allylic oxidation sites excluding steroid dienone is 11. The molecule has 0 saturated heterocycles. The van der Waals surface area contributed by atoms with E-state index in [1.54, 1.807) is 6.08 Å². The Bertz CT molecular complexity index is 1150. The van der Waals surface area contributed by atoms with Crippen LogP contribution in [0.25, 0.3) is 0 Å². The zero-order valence-electron chi connectivity index (χ0n) is 44.9. The van der Waals surface area contributed by atoms with Crippen molar-refractivity contribution < 1.29 is 15.0 Å². The van der Waals surface area contributed by atoms with Crippen LogP contribution in [0.4, 0.5) is 0 Å². The molecule has 0 saturated carbocycles. The lowest BCUT2D eigenvalue weighted by molar-refractivity contribution is -0.123. The molecule has 1 amide bonds. The minimum Gasteiger partial charge on any atom is -0.394 e. The van der Waals surface area contributed by atoms with Crippen molar-refractivity contribution in [2.75, 3.05) is 6.61 Å². The van der Waals surface area contributed by atoms with Gasteiger partial charge in [0.15, 0.2) is 0 Å². The summed E-state index contributed by atoms with van der Waals surface area (Å²) in [5.41, 5.74) is 0. The number of hydrogen-bond donors (Lipinski definition) is 3. The van der Waals surface area contributed by atoms with E-state index < -0.39 is 12.1 Å². The van der Waals surface area contributed by atoms with E-state index in [-0.39, 0.29) is 12.5 Å². The molecule has 0 aliphatic carbocycles. The van der Waals surface area contributed by atoms with Crippen LogP contribution in [0.5, 0.6) is 0 Å². The van der Waals surface area contributed by atoms with Crippen LogP contribution < -0.4 is 5.32 Å². The van der Waals surface area contributed by atoms with E-state index in [2.05, 4.69) is 79.9 Å². The summed E-state index contributed by atoms with van der Waals surface area (Å²) >= 11 is 0. The van der Waals surface area contributed by atoms with Crippen LogP contribution in [0.15, 0.2) is 72.9 Å². The number of carbonyl (C=O) groups is 1. The zero-order valence-corrected chi connectivity index (χ0v) is 44.9. The molecule has 4 nitrogen and oxygen atoms in total. The van der Waals surface area contributed by atoms with E-state index in [9.17, 15) is 15.0 Å². The smallest absolute Gasteiger partial charge is 0.220 e. The van der Waals surface area contributed by atoms with E-state index in [4.69, 9.17) is 0 Å². The molecule has 0 spiro atoms. The number of aliphatic hydroxyl groups excluding tert-OH is 2. The van der Waals surface area contributed by atoms with E-state index in [1.807, 2.05) is 6.08 Å². The summed E-state index contributed by atoms with van der Waals surface area (Å²) in [5, 5.41) is 23.2. The van der Waals surface area contributed by atoms with Gasteiger partial charge in [-0.05, 0) is 70.6 Å². The lowest BCUT2D eigenvalue weighted by Gasteiger charge is -2.19. The van der Waals surface area contributed by atoms with Crippen LogP contribution in [-0.4, -0.2) is 34.9 Å². The van der Waals surface area contributed by atoms with Gasteiger partial charge in [0.2, 0.25) is 5.91 Å². The number of hydrogen-bond acceptors (Lipinski definition) is 3. The molecule has 0 bridgehead atoms. The number of aliphatic hydroxyl groups is 2. The van der Waals surface area contributed by atoms with Gasteiger partial charge < -0.3 is 15.5 Å². The monoisotopic (exact) mass is 934 g/mol. The van der Waals surface area contributed by atoms with Gasteiger partial charge in [0.05, 0.1) is 18.8 Å². The Labute approximate surface area is 419 Å². The summed E-state index contributed by atoms with van der Waals surface area (Å²) in [6.45, 7) is 4.21. The van der Waals surface area contributed by atoms with Crippen molar-refractivity contribution in [2.24, 2.45) is 0 Å². The topological polar surface area (TPSA) is 69.6 Å². The molecule has 0 rings (SSSR count). The summed E-state index contributed by atoms with van der Waals surface area (Å²) in [6.07, 6.45) is 83.7. The van der Waals surface area contributed by atoms with Crippen molar-refractivity contribution >= 4 is 5.91 Å². The largest absolute Gasteiger partial charge is 0.394 e. The van der Waals surface area contributed by atoms with E-state index in [0.717, 1.165) is 57.8 Å². The third-order valence-electron chi connectivity index (χ3n) is 13.4. The van der Waals surface area contributed by atoms with Crippen molar-refractivity contribution in [1.29, 1.82) is 0 Å². The van der Waals surface area contributed by atoms with Gasteiger partial charge in [-0.25, -0.2) is 0 Å². The standard InChI is InChI=1S/C63H115NO3/c1-3-5-7-9-11-13-15-17-19-21-23-25-27-29-30-31-32-33-35-36-38-40-42-44-46-48-50-52-54-56-58-62(66)61(60-65)64-63(67)59-57-55-53-51-49-47-45-43-41-39-37-34-28-26-24-22-20-18-16-14-12-10-8-6-4-2/h6,8,12,14,18,20,24,26,48,50,56,58,61-62,65-66H,3-5,7,9-11,13,15-17,19,21-23,25,27-47,49,51-55,57,59-60H2,1-2H3,(H,64,67)/b8-6-,14-12-,20-18-,26-24-,50-48+,58-56+. The molecule has 0 aromatic rings. The van der Waals surface area contributed by atoms with Crippen molar-refractivity contribution in [1.82, 2.24) is 5.32 Å². The van der Waals surface area contributed by atoms with Crippen molar-refractivity contribution in [3.05, 3.63) is 72.9 Å². The lowest BCUT2D eigenvalue weighted by atomic mass is 10.0. The number of amides is 1. The fraction of sp³-hybridized carbons (Fsp3) is 0.794. The molecule has 0 heterocycles. The minimum absolute atomic E-state index is 0.0753. The molecule has 0 aromatic carbocycles. The first-order chi connectivity index (χ1) is 33.2. The van der Waals surface area contributed by atoms with E-state index in [1.165, 1.54) is 225 Å². The maximum atomic E-state index is 12.5. The summed E-state index contributed by atoms with van der Waals surface area (Å²) in [7, 11) is 0. The molecule has 4 heteroatoms. The molecule has 2 unspecified atom stereocenters. The van der Waals surface area contributed by atoms with E-state index >= 15 is 0 Å². The normalized spacial score (nSPS) is 13.3. The molecule has 0 aromatic heterocycles. The average Bonchev–Trinajstić information content (AvgIpc) is 3.33. The Morgan fingerprint density at radius 3 is 1.04 bits per heavy atom. The fourth-order valence-electron chi connectivity index (χ4n) is 8.95. The van der Waals surface area contributed by atoms with Gasteiger partial charge in [-0.3, -0.25) is 4.79 Å². The Balaban J connectivity index is 3.52. The van der Waals surface area contributed by atoms with Gasteiger partial charge in [0.25, 0.3) is 0 Å². The molecule has 2 atom stereocenters. The van der Waals surface area contributed by atoms with Gasteiger partial charge in [-0.15, -0.1) is 0 Å². The Morgan fingerprint density at radius 1 is 0.373 bits per heavy atom. The molecule has 0 fully saturated rings. The quantitative estimate of drug-likeness (QED) is 0.0420. The Kier molecular flexibility index (Phi) is 56.3. The molecule has 390 valence electrons. The van der Waals surface area contributed by atoms with Crippen LogP contribution in [0.3, 0.4) is 0 Å². The predicted molar refractivity (Wildman–Crippen MR) is 299 cm³/mol. The maximum Gasteiger partial charge on any atom is 0.220 e. The molecule has 67 heavy (non-hydrogen) atoms. The molecule has 0 radical (unpaired) electrons. The van der Waals surface area contributed by atoms with Gasteiger partial charge in [0.1, 0.15) is 0 Å². The highest BCUT2D eigenvalue weighted by Crippen LogP contribution is 2.17. The van der Waals surface area contributed by atoms with Crippen LogP contribution in [-0.2, 0) is 4.79 Å². The molecular formula is C63H115NO3. The molecule has 0 aliphatic rings. The maximum absolute atomic E-state index is 12.5. The fourth-order valence-corrected chi connectivity index (χ4v) is 8.95. The summed E-state index contributed by atoms with van der Waals surface area (Å²) in [6, 6.07) is -0.645. The summed E-state index contributed by atoms with van der Waals surface area (Å²) in [4.78, 5) is 12.5. The zero-order chi connectivity index (χ0) is 48.5. The lowest BCUT2D eigenvalue weighted by Crippen LogP contribution is -2.45. The average molecular weight is 935 g/mol. The Hall–Kier alpha value is -2.17. The van der Waals surface area contributed by atoms with Crippen LogP contribution in [0.1, 0.15) is 303 Å². The van der Waals surface area contributed by atoms with Gasteiger partial charge in [-0.2, -0.15) is 0 Å².